The lowest BCUT2D eigenvalue weighted by Gasteiger charge is -2.32. The standard InChI is InChI=1S/C16H17N5O2/c17-8-13-9-19-21(15(13)18)16(22)14-11-20(6-7-23-14)10-12-4-2-1-3-5-12/h1-5,9,14H,6-7,10-11,18H2/t14-/m1/s1. The van der Waals surface area contributed by atoms with Crippen molar-refractivity contribution >= 4 is 11.7 Å². The molecule has 0 unspecified atom stereocenters. The average molecular weight is 311 g/mol. The van der Waals surface area contributed by atoms with Crippen LogP contribution >= 0.6 is 0 Å². The van der Waals surface area contributed by atoms with Gasteiger partial charge in [-0.2, -0.15) is 15.0 Å². The Kier molecular flexibility index (Phi) is 4.37. The van der Waals surface area contributed by atoms with Crippen LogP contribution < -0.4 is 5.73 Å². The van der Waals surface area contributed by atoms with E-state index in [0.29, 0.717) is 13.2 Å². The summed E-state index contributed by atoms with van der Waals surface area (Å²) in [5.41, 5.74) is 7.14. The van der Waals surface area contributed by atoms with E-state index in [-0.39, 0.29) is 17.3 Å². The summed E-state index contributed by atoms with van der Waals surface area (Å²) in [5.74, 6) is -0.289. The Morgan fingerprint density at radius 3 is 2.91 bits per heavy atom. The maximum atomic E-state index is 12.5. The molecule has 1 atom stereocenters. The minimum Gasteiger partial charge on any atom is -0.382 e. The summed E-state index contributed by atoms with van der Waals surface area (Å²) in [6.45, 7) is 2.45. The van der Waals surface area contributed by atoms with E-state index in [9.17, 15) is 4.79 Å². The van der Waals surface area contributed by atoms with Crippen LogP contribution in [0, 0.1) is 11.3 Å². The van der Waals surface area contributed by atoms with Gasteiger partial charge >= 0.3 is 0 Å². The van der Waals surface area contributed by atoms with Gasteiger partial charge in [0.1, 0.15) is 17.5 Å². The summed E-state index contributed by atoms with van der Waals surface area (Å²) in [5, 5.41) is 12.8. The van der Waals surface area contributed by atoms with Crippen LogP contribution in [0.3, 0.4) is 0 Å². The molecular formula is C16H17N5O2. The number of carbonyl (C=O) groups excluding carboxylic acids is 1. The third-order valence-corrected chi connectivity index (χ3v) is 3.81. The quantitative estimate of drug-likeness (QED) is 0.903. The fourth-order valence-electron chi connectivity index (χ4n) is 2.59. The van der Waals surface area contributed by atoms with E-state index in [1.54, 1.807) is 0 Å². The van der Waals surface area contributed by atoms with Crippen molar-refractivity contribution in [2.24, 2.45) is 0 Å². The fraction of sp³-hybridized carbons (Fsp3) is 0.312. The number of anilines is 1. The average Bonchev–Trinajstić information content (AvgIpc) is 2.96. The molecule has 2 aromatic rings. The Labute approximate surface area is 133 Å². The predicted molar refractivity (Wildman–Crippen MR) is 83.4 cm³/mol. The summed E-state index contributed by atoms with van der Waals surface area (Å²) in [4.78, 5) is 14.7. The van der Waals surface area contributed by atoms with Crippen molar-refractivity contribution in [1.29, 1.82) is 5.26 Å². The summed E-state index contributed by atoms with van der Waals surface area (Å²) in [6, 6.07) is 12.0. The molecule has 3 rings (SSSR count). The van der Waals surface area contributed by atoms with Gasteiger partial charge in [-0.05, 0) is 5.56 Å². The minimum atomic E-state index is -0.638. The van der Waals surface area contributed by atoms with E-state index in [1.165, 1.54) is 11.8 Å². The van der Waals surface area contributed by atoms with Gasteiger partial charge in [0.05, 0.1) is 12.8 Å². The van der Waals surface area contributed by atoms with Crippen LogP contribution in [0.25, 0.3) is 0 Å². The molecule has 2 N–H and O–H groups in total. The number of aromatic nitrogens is 2. The van der Waals surface area contributed by atoms with E-state index < -0.39 is 6.10 Å². The second-order valence-electron chi connectivity index (χ2n) is 5.39. The molecular weight excluding hydrogens is 294 g/mol. The van der Waals surface area contributed by atoms with E-state index >= 15 is 0 Å². The minimum absolute atomic E-state index is 0.0567. The Morgan fingerprint density at radius 1 is 1.43 bits per heavy atom. The van der Waals surface area contributed by atoms with E-state index in [0.717, 1.165) is 17.8 Å². The van der Waals surface area contributed by atoms with Crippen molar-refractivity contribution < 1.29 is 9.53 Å². The SMILES string of the molecule is N#Cc1cnn(C(=O)[C@H]2CN(Cc3ccccc3)CCO2)c1N. The summed E-state index contributed by atoms with van der Waals surface area (Å²) in [6.07, 6.45) is 0.652. The largest absolute Gasteiger partial charge is 0.382 e. The second kappa shape index (κ2) is 6.60. The topological polar surface area (TPSA) is 97.2 Å². The number of carbonyl (C=O) groups is 1. The monoisotopic (exact) mass is 311 g/mol. The van der Waals surface area contributed by atoms with Crippen molar-refractivity contribution in [1.82, 2.24) is 14.7 Å². The number of morpholine rings is 1. The molecule has 1 saturated heterocycles. The van der Waals surface area contributed by atoms with Gasteiger partial charge in [0.25, 0.3) is 5.91 Å². The lowest BCUT2D eigenvalue weighted by atomic mass is 10.2. The Hall–Kier alpha value is -2.69. The highest BCUT2D eigenvalue weighted by molar-refractivity contribution is 5.86. The molecule has 1 aromatic carbocycles. The molecule has 0 aliphatic carbocycles. The molecule has 2 heterocycles. The first-order valence-corrected chi connectivity index (χ1v) is 7.34. The van der Waals surface area contributed by atoms with Gasteiger partial charge in [-0.15, -0.1) is 0 Å². The third kappa shape index (κ3) is 3.23. The van der Waals surface area contributed by atoms with Crippen molar-refractivity contribution in [2.45, 2.75) is 12.6 Å². The first-order chi connectivity index (χ1) is 11.2. The van der Waals surface area contributed by atoms with Crippen molar-refractivity contribution in [3.8, 4) is 6.07 Å². The first-order valence-electron chi connectivity index (χ1n) is 7.34. The number of rotatable bonds is 3. The molecule has 0 bridgehead atoms. The van der Waals surface area contributed by atoms with Crippen LogP contribution in [0.2, 0.25) is 0 Å². The molecule has 1 aliphatic rings. The molecule has 0 spiro atoms. The summed E-state index contributed by atoms with van der Waals surface area (Å²) in [7, 11) is 0. The number of nitrogen functional groups attached to an aromatic ring is 1. The highest BCUT2D eigenvalue weighted by atomic mass is 16.5. The van der Waals surface area contributed by atoms with Gasteiger partial charge in [0, 0.05) is 19.6 Å². The molecule has 1 aliphatic heterocycles. The summed E-state index contributed by atoms with van der Waals surface area (Å²) < 4.78 is 6.62. The van der Waals surface area contributed by atoms with Crippen LogP contribution in [0.1, 0.15) is 15.9 Å². The molecule has 7 heteroatoms. The predicted octanol–water partition coefficient (Wildman–Crippen LogP) is 0.878. The molecule has 1 fully saturated rings. The van der Waals surface area contributed by atoms with Gasteiger partial charge in [-0.1, -0.05) is 30.3 Å². The van der Waals surface area contributed by atoms with Gasteiger partial charge < -0.3 is 10.5 Å². The number of nitrogens with zero attached hydrogens (tertiary/aromatic N) is 4. The molecule has 7 nitrogen and oxygen atoms in total. The number of hydrogen-bond donors (Lipinski definition) is 1. The Bertz CT molecular complexity index is 735. The fourth-order valence-corrected chi connectivity index (χ4v) is 2.59. The van der Waals surface area contributed by atoms with Crippen LogP contribution in [0.15, 0.2) is 36.5 Å². The van der Waals surface area contributed by atoms with Gasteiger partial charge in [0.15, 0.2) is 6.10 Å². The number of nitriles is 1. The number of ether oxygens (including phenoxy) is 1. The smallest absolute Gasteiger partial charge is 0.279 e. The lowest BCUT2D eigenvalue weighted by molar-refractivity contribution is -0.0242. The van der Waals surface area contributed by atoms with Gasteiger partial charge in [-0.25, -0.2) is 0 Å². The molecule has 23 heavy (non-hydrogen) atoms. The normalized spacial score (nSPS) is 18.5. The highest BCUT2D eigenvalue weighted by Gasteiger charge is 2.29. The maximum Gasteiger partial charge on any atom is 0.279 e. The molecule has 118 valence electrons. The first kappa shape index (κ1) is 15.2. The number of benzene rings is 1. The van der Waals surface area contributed by atoms with E-state index in [4.69, 9.17) is 15.7 Å². The summed E-state index contributed by atoms with van der Waals surface area (Å²) >= 11 is 0. The zero-order valence-corrected chi connectivity index (χ0v) is 12.6. The van der Waals surface area contributed by atoms with E-state index in [1.807, 2.05) is 24.3 Å². The highest BCUT2D eigenvalue weighted by Crippen LogP contribution is 2.15. The third-order valence-electron chi connectivity index (χ3n) is 3.81. The maximum absolute atomic E-state index is 12.5. The van der Waals surface area contributed by atoms with Crippen LogP contribution in [0.5, 0.6) is 0 Å². The lowest BCUT2D eigenvalue weighted by Crippen LogP contribution is -2.47. The Balaban J connectivity index is 1.69. The van der Waals surface area contributed by atoms with Crippen LogP contribution in [0.4, 0.5) is 5.82 Å². The molecule has 0 saturated carbocycles. The van der Waals surface area contributed by atoms with Crippen molar-refractivity contribution in [2.75, 3.05) is 25.4 Å². The van der Waals surface area contributed by atoms with Crippen LogP contribution in [-0.2, 0) is 11.3 Å². The molecule has 1 aromatic heterocycles. The van der Waals surface area contributed by atoms with Crippen molar-refractivity contribution in [3.05, 3.63) is 47.7 Å². The molecule has 0 radical (unpaired) electrons. The van der Waals surface area contributed by atoms with Crippen LogP contribution in [-0.4, -0.2) is 46.4 Å². The molecule has 0 amide bonds. The van der Waals surface area contributed by atoms with E-state index in [2.05, 4.69) is 22.1 Å². The second-order valence-corrected chi connectivity index (χ2v) is 5.39. The zero-order chi connectivity index (χ0) is 16.2. The zero-order valence-electron chi connectivity index (χ0n) is 12.6. The number of hydrogen-bond acceptors (Lipinski definition) is 6. The van der Waals surface area contributed by atoms with Gasteiger partial charge in [0.2, 0.25) is 0 Å². The van der Waals surface area contributed by atoms with Crippen molar-refractivity contribution in [3.63, 3.8) is 0 Å². The van der Waals surface area contributed by atoms with Gasteiger partial charge in [-0.3, -0.25) is 9.69 Å². The Morgan fingerprint density at radius 2 is 2.22 bits per heavy atom. The number of nitrogens with two attached hydrogens (primary N) is 1.